The van der Waals surface area contributed by atoms with E-state index >= 15 is 0 Å². The number of ether oxygens (including phenoxy) is 1. The molecule has 1 aromatic rings. The Morgan fingerprint density at radius 1 is 1.29 bits per heavy atom. The maximum Gasteiger partial charge on any atom is 0.238 e. The molecule has 0 aliphatic carbocycles. The van der Waals surface area contributed by atoms with E-state index in [4.69, 9.17) is 9.88 Å². The summed E-state index contributed by atoms with van der Waals surface area (Å²) in [5, 5.41) is 5.11. The van der Waals surface area contributed by atoms with Crippen LogP contribution in [0.15, 0.2) is 17.0 Å². The predicted octanol–water partition coefficient (Wildman–Crippen LogP) is 1.35. The highest BCUT2D eigenvalue weighted by molar-refractivity contribution is 7.89. The number of nitrogens with two attached hydrogens (primary N) is 1. The van der Waals surface area contributed by atoms with Gasteiger partial charge >= 0.3 is 0 Å². The molecule has 5 heteroatoms. The van der Waals surface area contributed by atoms with Crippen LogP contribution in [0.2, 0.25) is 0 Å². The van der Waals surface area contributed by atoms with Gasteiger partial charge in [-0.15, -0.1) is 5.92 Å². The second-order valence-corrected chi connectivity index (χ2v) is 5.10. The van der Waals surface area contributed by atoms with Gasteiger partial charge < -0.3 is 4.74 Å². The van der Waals surface area contributed by atoms with Crippen LogP contribution < -0.4 is 9.88 Å². The van der Waals surface area contributed by atoms with Crippen LogP contribution >= 0.6 is 0 Å². The molecule has 17 heavy (non-hydrogen) atoms. The summed E-state index contributed by atoms with van der Waals surface area (Å²) in [6.45, 7) is 5.50. The van der Waals surface area contributed by atoms with Crippen molar-refractivity contribution in [2.24, 2.45) is 5.14 Å². The SMILES string of the molecule is CC#CCOc1ccc(S(N)(=O)=O)c(C)c1C. The average molecular weight is 253 g/mol. The van der Waals surface area contributed by atoms with Gasteiger partial charge in [0.2, 0.25) is 10.0 Å². The monoisotopic (exact) mass is 253 g/mol. The number of hydrogen-bond donors (Lipinski definition) is 1. The van der Waals surface area contributed by atoms with Crippen molar-refractivity contribution in [3.63, 3.8) is 0 Å². The van der Waals surface area contributed by atoms with Gasteiger partial charge in [-0.1, -0.05) is 5.92 Å². The fourth-order valence-electron chi connectivity index (χ4n) is 1.42. The van der Waals surface area contributed by atoms with Crippen molar-refractivity contribution >= 4 is 10.0 Å². The van der Waals surface area contributed by atoms with Gasteiger partial charge in [-0.2, -0.15) is 0 Å². The van der Waals surface area contributed by atoms with Crippen molar-refractivity contribution in [1.29, 1.82) is 0 Å². The second kappa shape index (κ2) is 5.21. The lowest BCUT2D eigenvalue weighted by Gasteiger charge is -2.11. The maximum atomic E-state index is 11.3. The van der Waals surface area contributed by atoms with Crippen molar-refractivity contribution in [2.45, 2.75) is 25.7 Å². The summed E-state index contributed by atoms with van der Waals surface area (Å²) < 4.78 is 28.0. The lowest BCUT2D eigenvalue weighted by Crippen LogP contribution is -2.14. The van der Waals surface area contributed by atoms with Crippen LogP contribution in [-0.4, -0.2) is 15.0 Å². The van der Waals surface area contributed by atoms with Gasteiger partial charge in [-0.3, -0.25) is 0 Å². The lowest BCUT2D eigenvalue weighted by atomic mass is 10.1. The first kappa shape index (κ1) is 13.6. The van der Waals surface area contributed by atoms with Crippen LogP contribution in [0.5, 0.6) is 5.75 Å². The van der Waals surface area contributed by atoms with Crippen LogP contribution in [-0.2, 0) is 10.0 Å². The molecule has 0 aromatic heterocycles. The highest BCUT2D eigenvalue weighted by Gasteiger charge is 2.15. The average Bonchev–Trinajstić information content (AvgIpc) is 2.23. The molecule has 0 amide bonds. The molecule has 4 nitrogen and oxygen atoms in total. The molecule has 1 rings (SSSR count). The minimum Gasteiger partial charge on any atom is -0.481 e. The molecule has 0 fully saturated rings. The summed E-state index contributed by atoms with van der Waals surface area (Å²) in [4.78, 5) is 0.129. The predicted molar refractivity (Wildman–Crippen MR) is 66.2 cm³/mol. The molecule has 0 saturated heterocycles. The number of hydrogen-bond acceptors (Lipinski definition) is 3. The topological polar surface area (TPSA) is 69.4 Å². The van der Waals surface area contributed by atoms with Crippen molar-refractivity contribution in [2.75, 3.05) is 6.61 Å². The van der Waals surface area contributed by atoms with E-state index in [9.17, 15) is 8.42 Å². The zero-order chi connectivity index (χ0) is 13.1. The standard InChI is InChI=1S/C12H15NO3S/c1-4-5-8-16-11-6-7-12(17(13,14)15)10(3)9(11)2/h6-7H,8H2,1-3H3,(H2,13,14,15). The molecule has 1 aromatic carbocycles. The van der Waals surface area contributed by atoms with Gasteiger partial charge in [-0.05, 0) is 44.0 Å². The highest BCUT2D eigenvalue weighted by Crippen LogP contribution is 2.26. The molecule has 2 N–H and O–H groups in total. The van der Waals surface area contributed by atoms with Gasteiger partial charge in [0.1, 0.15) is 12.4 Å². The quantitative estimate of drug-likeness (QED) is 0.827. The van der Waals surface area contributed by atoms with Crippen molar-refractivity contribution in [3.05, 3.63) is 23.3 Å². The van der Waals surface area contributed by atoms with Crippen molar-refractivity contribution < 1.29 is 13.2 Å². The molecule has 0 atom stereocenters. The number of primary sulfonamides is 1. The van der Waals surface area contributed by atoms with Crippen LogP contribution in [0.1, 0.15) is 18.1 Å². The van der Waals surface area contributed by atoms with E-state index in [1.165, 1.54) is 6.07 Å². The highest BCUT2D eigenvalue weighted by atomic mass is 32.2. The molecule has 0 spiro atoms. The molecule has 0 bridgehead atoms. The van der Waals surface area contributed by atoms with E-state index in [0.717, 1.165) is 5.56 Å². The Bertz CT molecular complexity index is 580. The summed E-state index contributed by atoms with van der Waals surface area (Å²) in [5.74, 6) is 6.11. The van der Waals surface area contributed by atoms with Gasteiger partial charge in [0.15, 0.2) is 0 Å². The van der Waals surface area contributed by atoms with Crippen molar-refractivity contribution in [3.8, 4) is 17.6 Å². The summed E-state index contributed by atoms with van der Waals surface area (Å²) >= 11 is 0. The van der Waals surface area contributed by atoms with E-state index in [1.807, 2.05) is 0 Å². The van der Waals surface area contributed by atoms with Gasteiger partial charge in [0.25, 0.3) is 0 Å². The molecule has 0 aliphatic rings. The molecular weight excluding hydrogens is 238 g/mol. The van der Waals surface area contributed by atoms with Gasteiger partial charge in [0, 0.05) is 0 Å². The molecular formula is C12H15NO3S. The largest absolute Gasteiger partial charge is 0.481 e. The lowest BCUT2D eigenvalue weighted by molar-refractivity contribution is 0.367. The minimum atomic E-state index is -3.68. The Morgan fingerprint density at radius 2 is 1.94 bits per heavy atom. The first-order valence-electron chi connectivity index (χ1n) is 5.03. The zero-order valence-electron chi connectivity index (χ0n) is 10.1. The number of sulfonamides is 1. The fourth-order valence-corrected chi connectivity index (χ4v) is 2.26. The van der Waals surface area contributed by atoms with E-state index in [2.05, 4.69) is 11.8 Å². The number of rotatable bonds is 3. The Balaban J connectivity index is 3.14. The molecule has 92 valence electrons. The summed E-state index contributed by atoms with van der Waals surface area (Å²) in [5.41, 5.74) is 1.36. The van der Waals surface area contributed by atoms with Crippen LogP contribution in [0.25, 0.3) is 0 Å². The first-order chi connectivity index (χ1) is 7.88. The third kappa shape index (κ3) is 3.22. The van der Waals surface area contributed by atoms with Gasteiger partial charge in [-0.25, -0.2) is 13.6 Å². The minimum absolute atomic E-state index is 0.129. The fraction of sp³-hybridized carbons (Fsp3) is 0.333. The van der Waals surface area contributed by atoms with E-state index in [0.29, 0.717) is 11.3 Å². The number of benzene rings is 1. The third-order valence-corrected chi connectivity index (χ3v) is 3.53. The zero-order valence-corrected chi connectivity index (χ0v) is 10.9. The summed E-state index contributed by atoms with van der Waals surface area (Å²) in [6, 6.07) is 3.05. The normalized spacial score (nSPS) is 10.6. The molecule has 0 heterocycles. The van der Waals surface area contributed by atoms with Crippen LogP contribution in [0.3, 0.4) is 0 Å². The van der Waals surface area contributed by atoms with Crippen LogP contribution in [0.4, 0.5) is 0 Å². The molecule has 0 aliphatic heterocycles. The summed E-state index contributed by atoms with van der Waals surface area (Å²) in [6.07, 6.45) is 0. The first-order valence-corrected chi connectivity index (χ1v) is 6.58. The van der Waals surface area contributed by atoms with E-state index < -0.39 is 10.0 Å². The van der Waals surface area contributed by atoms with E-state index in [1.54, 1.807) is 26.8 Å². The Labute approximate surface area is 102 Å². The smallest absolute Gasteiger partial charge is 0.238 e. The molecule has 0 unspecified atom stereocenters. The Morgan fingerprint density at radius 3 is 2.47 bits per heavy atom. The van der Waals surface area contributed by atoms with Crippen molar-refractivity contribution in [1.82, 2.24) is 0 Å². The van der Waals surface area contributed by atoms with E-state index in [-0.39, 0.29) is 11.5 Å². The molecule has 0 radical (unpaired) electrons. The third-order valence-electron chi connectivity index (χ3n) is 2.47. The van der Waals surface area contributed by atoms with Gasteiger partial charge in [0.05, 0.1) is 4.90 Å². The maximum absolute atomic E-state index is 11.3. The Hall–Kier alpha value is -1.51. The summed E-state index contributed by atoms with van der Waals surface area (Å²) in [7, 11) is -3.68. The second-order valence-electron chi connectivity index (χ2n) is 3.57. The molecule has 0 saturated carbocycles. The Kier molecular flexibility index (Phi) is 4.16. The van der Waals surface area contributed by atoms with Crippen LogP contribution in [0, 0.1) is 25.7 Å².